The highest BCUT2D eigenvalue weighted by Gasteiger charge is 2.25. The van der Waals surface area contributed by atoms with Crippen molar-refractivity contribution in [1.29, 1.82) is 0 Å². The fourth-order valence-electron chi connectivity index (χ4n) is 4.51. The molecule has 2 amide bonds. The highest BCUT2D eigenvalue weighted by Crippen LogP contribution is 2.26. The minimum Gasteiger partial charge on any atom is -0.436 e. The Morgan fingerprint density at radius 1 is 1.09 bits per heavy atom. The summed E-state index contributed by atoms with van der Waals surface area (Å²) in [6, 6.07) is 15.2. The number of likely N-dealkylation sites (tertiary alicyclic amines) is 1. The summed E-state index contributed by atoms with van der Waals surface area (Å²) in [5, 5.41) is 3.04. The Balaban J connectivity index is 1.29. The van der Waals surface area contributed by atoms with E-state index in [2.05, 4.69) is 29.0 Å². The summed E-state index contributed by atoms with van der Waals surface area (Å²) in [5.74, 6) is 0.989. The molecule has 0 spiro atoms. The molecule has 0 saturated carbocycles. The molecule has 0 bridgehead atoms. The highest BCUT2D eigenvalue weighted by atomic mass is 16.3. The van der Waals surface area contributed by atoms with E-state index in [4.69, 9.17) is 4.42 Å². The number of carbonyl (C=O) groups is 2. The van der Waals surface area contributed by atoms with Gasteiger partial charge in [0.2, 0.25) is 11.8 Å². The maximum absolute atomic E-state index is 13.1. The average molecular weight is 463 g/mol. The van der Waals surface area contributed by atoms with E-state index in [9.17, 15) is 9.59 Å². The highest BCUT2D eigenvalue weighted by molar-refractivity contribution is 5.97. The van der Waals surface area contributed by atoms with Crippen LogP contribution >= 0.6 is 0 Å². The number of benzene rings is 2. The van der Waals surface area contributed by atoms with Crippen LogP contribution in [0.4, 0.5) is 0 Å². The zero-order chi connectivity index (χ0) is 23.9. The number of hydrogen-bond acceptors (Lipinski definition) is 5. The third-order valence-electron chi connectivity index (χ3n) is 6.68. The predicted octanol–water partition coefficient (Wildman–Crippen LogP) is 4.20. The number of fused-ring (bicyclic) bond motifs is 1. The van der Waals surface area contributed by atoms with Crippen molar-refractivity contribution in [3.8, 4) is 11.5 Å². The molecule has 34 heavy (non-hydrogen) atoms. The van der Waals surface area contributed by atoms with E-state index in [-0.39, 0.29) is 11.8 Å². The van der Waals surface area contributed by atoms with Gasteiger partial charge < -0.3 is 19.5 Å². The second-order valence-electron chi connectivity index (χ2n) is 8.88. The average Bonchev–Trinajstić information content (AvgIpc) is 3.31. The summed E-state index contributed by atoms with van der Waals surface area (Å²) in [5.41, 5.74) is 2.86. The summed E-state index contributed by atoms with van der Waals surface area (Å²) in [6.07, 6.45) is 2.22. The van der Waals surface area contributed by atoms with E-state index in [0.717, 1.165) is 43.6 Å². The lowest BCUT2D eigenvalue weighted by atomic mass is 9.93. The standard InChI is InChI=1S/C27H34N4O3/c1-3-30(4-2)17-14-28-25(32)18-20-12-15-31(16-13-20)27(33)22-10-11-23-24(19-22)34-26(29-23)21-8-6-5-7-9-21/h5-11,19-20H,3-4,12-18H2,1-2H3,(H,28,32). The summed E-state index contributed by atoms with van der Waals surface area (Å²) in [7, 11) is 0. The minimum absolute atomic E-state index is 0.00156. The van der Waals surface area contributed by atoms with Crippen LogP contribution in [0, 0.1) is 5.92 Å². The first-order valence-corrected chi connectivity index (χ1v) is 12.3. The van der Waals surface area contributed by atoms with E-state index in [1.54, 1.807) is 6.07 Å². The molecule has 0 unspecified atom stereocenters. The van der Waals surface area contributed by atoms with Crippen molar-refractivity contribution in [2.24, 2.45) is 5.92 Å². The summed E-state index contributed by atoms with van der Waals surface area (Å²) in [6.45, 7) is 9.16. The zero-order valence-corrected chi connectivity index (χ0v) is 20.1. The van der Waals surface area contributed by atoms with Gasteiger partial charge in [-0.05, 0) is 62.2 Å². The molecule has 4 rings (SSSR count). The molecule has 1 fully saturated rings. The van der Waals surface area contributed by atoms with Crippen molar-refractivity contribution < 1.29 is 14.0 Å². The minimum atomic E-state index is 0.00156. The molecular weight excluding hydrogens is 428 g/mol. The van der Waals surface area contributed by atoms with Crippen LogP contribution in [0.2, 0.25) is 0 Å². The molecule has 0 aliphatic carbocycles. The van der Waals surface area contributed by atoms with Crippen LogP contribution in [0.25, 0.3) is 22.6 Å². The number of piperidine rings is 1. The molecule has 3 aromatic rings. The Morgan fingerprint density at radius 3 is 2.53 bits per heavy atom. The molecule has 1 aliphatic rings. The molecule has 0 radical (unpaired) electrons. The molecule has 2 heterocycles. The number of aromatic nitrogens is 1. The number of nitrogens with zero attached hydrogens (tertiary/aromatic N) is 3. The Kier molecular flexibility index (Phi) is 7.95. The number of likely N-dealkylation sites (N-methyl/N-ethyl adjacent to an activating group) is 1. The summed E-state index contributed by atoms with van der Waals surface area (Å²) < 4.78 is 5.92. The molecule has 1 N–H and O–H groups in total. The van der Waals surface area contributed by atoms with Crippen molar-refractivity contribution in [2.75, 3.05) is 39.3 Å². The summed E-state index contributed by atoms with van der Waals surface area (Å²) in [4.78, 5) is 34.1. The zero-order valence-electron chi connectivity index (χ0n) is 20.1. The first-order valence-electron chi connectivity index (χ1n) is 12.3. The Bertz CT molecular complexity index is 1100. The Labute approximate surface area is 201 Å². The lowest BCUT2D eigenvalue weighted by molar-refractivity contribution is -0.122. The van der Waals surface area contributed by atoms with Crippen LogP contribution in [0.1, 0.15) is 43.5 Å². The van der Waals surface area contributed by atoms with Gasteiger partial charge in [-0.1, -0.05) is 32.0 Å². The van der Waals surface area contributed by atoms with Gasteiger partial charge in [-0.25, -0.2) is 4.98 Å². The molecule has 1 saturated heterocycles. The van der Waals surface area contributed by atoms with E-state index in [1.165, 1.54) is 0 Å². The van der Waals surface area contributed by atoms with Gasteiger partial charge >= 0.3 is 0 Å². The van der Waals surface area contributed by atoms with Crippen molar-refractivity contribution in [1.82, 2.24) is 20.1 Å². The van der Waals surface area contributed by atoms with Gasteiger partial charge in [-0.2, -0.15) is 0 Å². The van der Waals surface area contributed by atoms with Crippen LogP contribution in [0.3, 0.4) is 0 Å². The van der Waals surface area contributed by atoms with E-state index < -0.39 is 0 Å². The maximum atomic E-state index is 13.1. The molecule has 2 aromatic carbocycles. The van der Waals surface area contributed by atoms with Crippen molar-refractivity contribution in [2.45, 2.75) is 33.1 Å². The first-order chi connectivity index (χ1) is 16.6. The number of nitrogens with one attached hydrogen (secondary N) is 1. The summed E-state index contributed by atoms with van der Waals surface area (Å²) >= 11 is 0. The second kappa shape index (κ2) is 11.3. The Hall–Kier alpha value is -3.19. The van der Waals surface area contributed by atoms with Gasteiger partial charge in [0.05, 0.1) is 0 Å². The quantitative estimate of drug-likeness (QED) is 0.516. The van der Waals surface area contributed by atoms with Crippen LogP contribution in [0.5, 0.6) is 0 Å². The number of hydrogen-bond donors (Lipinski definition) is 1. The van der Waals surface area contributed by atoms with Gasteiger partial charge in [0.1, 0.15) is 5.52 Å². The van der Waals surface area contributed by atoms with E-state index in [1.807, 2.05) is 47.4 Å². The second-order valence-corrected chi connectivity index (χ2v) is 8.88. The van der Waals surface area contributed by atoms with Crippen molar-refractivity contribution in [3.05, 3.63) is 54.1 Å². The molecule has 180 valence electrons. The third-order valence-corrected chi connectivity index (χ3v) is 6.68. The fraction of sp³-hybridized carbons (Fsp3) is 0.444. The Morgan fingerprint density at radius 2 is 1.82 bits per heavy atom. The van der Waals surface area contributed by atoms with Gasteiger partial charge in [-0.3, -0.25) is 9.59 Å². The van der Waals surface area contributed by atoms with Crippen LogP contribution < -0.4 is 5.32 Å². The topological polar surface area (TPSA) is 78.7 Å². The first kappa shape index (κ1) is 24.0. The largest absolute Gasteiger partial charge is 0.436 e. The lowest BCUT2D eigenvalue weighted by Crippen LogP contribution is -2.40. The molecular formula is C27H34N4O3. The van der Waals surface area contributed by atoms with Crippen molar-refractivity contribution in [3.63, 3.8) is 0 Å². The molecule has 7 heteroatoms. The molecule has 1 aromatic heterocycles. The third kappa shape index (κ3) is 5.83. The lowest BCUT2D eigenvalue weighted by Gasteiger charge is -2.32. The maximum Gasteiger partial charge on any atom is 0.253 e. The molecule has 7 nitrogen and oxygen atoms in total. The monoisotopic (exact) mass is 462 g/mol. The number of amides is 2. The van der Waals surface area contributed by atoms with Crippen LogP contribution in [0.15, 0.2) is 52.9 Å². The van der Waals surface area contributed by atoms with Crippen molar-refractivity contribution >= 4 is 22.9 Å². The van der Waals surface area contributed by atoms with Gasteiger partial charge in [-0.15, -0.1) is 0 Å². The number of carbonyl (C=O) groups excluding carboxylic acids is 2. The molecule has 0 atom stereocenters. The van der Waals surface area contributed by atoms with Crippen LogP contribution in [-0.2, 0) is 4.79 Å². The van der Waals surface area contributed by atoms with Gasteiger partial charge in [0.15, 0.2) is 5.58 Å². The van der Waals surface area contributed by atoms with E-state index >= 15 is 0 Å². The number of oxazole rings is 1. The normalized spacial score (nSPS) is 14.6. The van der Waals surface area contributed by atoms with Gasteiger partial charge in [0, 0.05) is 43.7 Å². The predicted molar refractivity (Wildman–Crippen MR) is 133 cm³/mol. The van der Waals surface area contributed by atoms with Crippen LogP contribution in [-0.4, -0.2) is 65.9 Å². The SMILES string of the molecule is CCN(CC)CCNC(=O)CC1CCN(C(=O)c2ccc3nc(-c4ccccc4)oc3c2)CC1. The van der Waals surface area contributed by atoms with Gasteiger partial charge in [0.25, 0.3) is 5.91 Å². The molecule has 1 aliphatic heterocycles. The number of rotatable bonds is 9. The smallest absolute Gasteiger partial charge is 0.253 e. The fourth-order valence-corrected chi connectivity index (χ4v) is 4.51. The van der Waals surface area contributed by atoms with E-state index in [0.29, 0.717) is 49.0 Å².